The topological polar surface area (TPSA) is 58.6 Å². The average molecular weight is 392 g/mol. The van der Waals surface area contributed by atoms with Gasteiger partial charge in [0.15, 0.2) is 0 Å². The predicted molar refractivity (Wildman–Crippen MR) is 98.0 cm³/mol. The van der Waals surface area contributed by atoms with Gasteiger partial charge in [-0.3, -0.25) is 4.79 Å². The van der Waals surface area contributed by atoms with E-state index in [1.165, 1.54) is 0 Å². The highest BCUT2D eigenvalue weighted by Gasteiger charge is 2.20. The van der Waals surface area contributed by atoms with Gasteiger partial charge in [-0.1, -0.05) is 50.2 Å². The van der Waals surface area contributed by atoms with E-state index < -0.39 is 12.0 Å². The molecule has 2 rings (SSSR count). The molecule has 2 aromatic rings. The van der Waals surface area contributed by atoms with Crippen LogP contribution in [0.5, 0.6) is 5.75 Å². The molecule has 0 radical (unpaired) electrons. The van der Waals surface area contributed by atoms with Crippen LogP contribution in [0.15, 0.2) is 53.0 Å². The van der Waals surface area contributed by atoms with E-state index in [0.29, 0.717) is 13.2 Å². The van der Waals surface area contributed by atoms with Gasteiger partial charge < -0.3 is 15.2 Å². The van der Waals surface area contributed by atoms with Crippen molar-refractivity contribution in [1.82, 2.24) is 5.32 Å². The van der Waals surface area contributed by atoms with E-state index in [9.17, 15) is 9.90 Å². The van der Waals surface area contributed by atoms with Crippen LogP contribution in [0.2, 0.25) is 0 Å². The lowest BCUT2D eigenvalue weighted by molar-refractivity contribution is -0.140. The normalized spacial score (nSPS) is 12.2. The number of carbonyl (C=O) groups is 1. The van der Waals surface area contributed by atoms with Gasteiger partial charge in [0.1, 0.15) is 18.4 Å². The molecule has 0 aliphatic carbocycles. The molecule has 0 fully saturated rings. The molecule has 0 amide bonds. The van der Waals surface area contributed by atoms with Gasteiger partial charge in [-0.15, -0.1) is 0 Å². The van der Waals surface area contributed by atoms with Crippen LogP contribution in [0.3, 0.4) is 0 Å². The molecule has 4 nitrogen and oxygen atoms in total. The quantitative estimate of drug-likeness (QED) is 0.706. The van der Waals surface area contributed by atoms with Crippen LogP contribution in [-0.2, 0) is 17.9 Å². The van der Waals surface area contributed by atoms with Crippen molar-refractivity contribution in [3.8, 4) is 5.75 Å². The van der Waals surface area contributed by atoms with E-state index in [2.05, 4.69) is 21.2 Å². The van der Waals surface area contributed by atoms with Gasteiger partial charge in [-0.05, 0) is 45.1 Å². The first-order valence-corrected chi connectivity index (χ1v) is 8.68. The highest BCUT2D eigenvalue weighted by atomic mass is 79.9. The first-order chi connectivity index (χ1) is 11.5. The molecule has 5 heteroatoms. The second-order valence-electron chi connectivity index (χ2n) is 5.98. The van der Waals surface area contributed by atoms with Crippen molar-refractivity contribution in [2.45, 2.75) is 33.0 Å². The molecule has 0 bridgehead atoms. The van der Waals surface area contributed by atoms with E-state index in [4.69, 9.17) is 4.74 Å². The van der Waals surface area contributed by atoms with Crippen LogP contribution in [0.4, 0.5) is 0 Å². The summed E-state index contributed by atoms with van der Waals surface area (Å²) in [7, 11) is 0. The van der Waals surface area contributed by atoms with Gasteiger partial charge in [-0.25, -0.2) is 0 Å². The summed E-state index contributed by atoms with van der Waals surface area (Å²) in [5, 5.41) is 12.3. The highest BCUT2D eigenvalue weighted by Crippen LogP contribution is 2.27. The number of hydrogen-bond donors (Lipinski definition) is 2. The summed E-state index contributed by atoms with van der Waals surface area (Å²) < 4.78 is 6.67. The molecule has 0 aliphatic heterocycles. The molecule has 0 aromatic heterocycles. The van der Waals surface area contributed by atoms with Crippen molar-refractivity contribution in [3.05, 3.63) is 64.1 Å². The second-order valence-corrected chi connectivity index (χ2v) is 6.83. The zero-order valence-electron chi connectivity index (χ0n) is 13.8. The van der Waals surface area contributed by atoms with Crippen molar-refractivity contribution >= 4 is 21.9 Å². The molecule has 1 atom stereocenters. The first kappa shape index (κ1) is 18.5. The molecule has 0 saturated carbocycles. The zero-order valence-corrected chi connectivity index (χ0v) is 15.4. The van der Waals surface area contributed by atoms with Gasteiger partial charge in [0.25, 0.3) is 0 Å². The maximum absolute atomic E-state index is 11.2. The Bertz CT molecular complexity index is 674. The maximum atomic E-state index is 11.2. The van der Waals surface area contributed by atoms with Crippen LogP contribution in [0.1, 0.15) is 25.0 Å². The smallest absolute Gasteiger partial charge is 0.320 e. The number of hydrogen-bond acceptors (Lipinski definition) is 3. The number of benzene rings is 2. The minimum atomic E-state index is -0.827. The Labute approximate surface area is 151 Å². The number of carboxylic acids is 1. The van der Waals surface area contributed by atoms with Crippen molar-refractivity contribution < 1.29 is 14.6 Å². The third-order valence-electron chi connectivity index (χ3n) is 3.69. The van der Waals surface area contributed by atoms with E-state index in [1.54, 1.807) is 0 Å². The summed E-state index contributed by atoms with van der Waals surface area (Å²) >= 11 is 3.52. The number of nitrogens with one attached hydrogen (secondary N) is 1. The van der Waals surface area contributed by atoms with Crippen molar-refractivity contribution in [1.29, 1.82) is 0 Å². The minimum Gasteiger partial charge on any atom is -0.488 e. The van der Waals surface area contributed by atoms with E-state index in [0.717, 1.165) is 21.3 Å². The van der Waals surface area contributed by atoms with Crippen molar-refractivity contribution in [2.75, 3.05) is 0 Å². The number of halogens is 1. The molecular weight excluding hydrogens is 370 g/mol. The fourth-order valence-electron chi connectivity index (χ4n) is 2.34. The van der Waals surface area contributed by atoms with Crippen LogP contribution in [0, 0.1) is 5.92 Å². The number of aliphatic carboxylic acids is 1. The molecule has 0 aliphatic rings. The Morgan fingerprint density at radius 3 is 2.46 bits per heavy atom. The summed E-state index contributed by atoms with van der Waals surface area (Å²) in [5.74, 6) is -0.0347. The molecule has 1 unspecified atom stereocenters. The summed E-state index contributed by atoms with van der Waals surface area (Å²) in [6.45, 7) is 4.78. The lowest BCUT2D eigenvalue weighted by Crippen LogP contribution is -2.40. The summed E-state index contributed by atoms with van der Waals surface area (Å²) in [6, 6.07) is 15.2. The summed E-state index contributed by atoms with van der Waals surface area (Å²) in [4.78, 5) is 11.2. The number of ether oxygens (including phenoxy) is 1. The lowest BCUT2D eigenvalue weighted by Gasteiger charge is -2.18. The van der Waals surface area contributed by atoms with Crippen LogP contribution >= 0.6 is 15.9 Å². The Morgan fingerprint density at radius 2 is 1.88 bits per heavy atom. The molecule has 0 spiro atoms. The fraction of sp³-hybridized carbons (Fsp3) is 0.316. The average Bonchev–Trinajstić information content (AvgIpc) is 2.54. The van der Waals surface area contributed by atoms with Gasteiger partial charge in [0.2, 0.25) is 0 Å². The third kappa shape index (κ3) is 5.35. The van der Waals surface area contributed by atoms with E-state index in [1.807, 2.05) is 62.4 Å². The molecule has 24 heavy (non-hydrogen) atoms. The van der Waals surface area contributed by atoms with Crippen LogP contribution in [0.25, 0.3) is 0 Å². The van der Waals surface area contributed by atoms with Crippen LogP contribution < -0.4 is 10.1 Å². The SMILES string of the molecule is CC(C)C(NCc1ccc(OCc2ccccc2)c(Br)c1)C(=O)O. The number of rotatable bonds is 8. The van der Waals surface area contributed by atoms with Crippen molar-refractivity contribution in [3.63, 3.8) is 0 Å². The Kier molecular flexibility index (Phi) is 6.82. The number of carboxylic acid groups (broad SMARTS) is 1. The second kappa shape index (κ2) is 8.85. The van der Waals surface area contributed by atoms with E-state index >= 15 is 0 Å². The Hall–Kier alpha value is -1.85. The molecular formula is C19H22BrNO3. The fourth-order valence-corrected chi connectivity index (χ4v) is 2.88. The van der Waals surface area contributed by atoms with Gasteiger partial charge in [0, 0.05) is 6.54 Å². The molecule has 128 valence electrons. The maximum Gasteiger partial charge on any atom is 0.320 e. The van der Waals surface area contributed by atoms with Gasteiger partial charge in [-0.2, -0.15) is 0 Å². The van der Waals surface area contributed by atoms with E-state index in [-0.39, 0.29) is 5.92 Å². The van der Waals surface area contributed by atoms with Crippen LogP contribution in [-0.4, -0.2) is 17.1 Å². The monoisotopic (exact) mass is 391 g/mol. The first-order valence-electron chi connectivity index (χ1n) is 7.88. The zero-order chi connectivity index (χ0) is 17.5. The van der Waals surface area contributed by atoms with Crippen molar-refractivity contribution in [2.24, 2.45) is 5.92 Å². The third-order valence-corrected chi connectivity index (χ3v) is 4.31. The molecule has 2 N–H and O–H groups in total. The lowest BCUT2D eigenvalue weighted by atomic mass is 10.0. The Balaban J connectivity index is 1.95. The molecule has 0 saturated heterocycles. The van der Waals surface area contributed by atoms with Gasteiger partial charge >= 0.3 is 5.97 Å². The molecule has 2 aromatic carbocycles. The predicted octanol–water partition coefficient (Wildman–Crippen LogP) is 4.23. The Morgan fingerprint density at radius 1 is 1.17 bits per heavy atom. The summed E-state index contributed by atoms with van der Waals surface area (Å²) in [5.41, 5.74) is 2.11. The van der Waals surface area contributed by atoms with Gasteiger partial charge in [0.05, 0.1) is 4.47 Å². The highest BCUT2D eigenvalue weighted by molar-refractivity contribution is 9.10. The summed E-state index contributed by atoms with van der Waals surface area (Å²) in [6.07, 6.45) is 0. The molecule has 0 heterocycles. The standard InChI is InChI=1S/C19H22BrNO3/c1-13(2)18(19(22)23)21-11-15-8-9-17(16(20)10-15)24-12-14-6-4-3-5-7-14/h3-10,13,18,21H,11-12H2,1-2H3,(H,22,23). The largest absolute Gasteiger partial charge is 0.488 e. The minimum absolute atomic E-state index is 0.0272.